The summed E-state index contributed by atoms with van der Waals surface area (Å²) in [6.45, 7) is 2.01. The van der Waals surface area contributed by atoms with Gasteiger partial charge >= 0.3 is 0 Å². The van der Waals surface area contributed by atoms with Crippen molar-refractivity contribution >= 4 is 9.84 Å². The molecule has 0 atom stereocenters. The highest BCUT2D eigenvalue weighted by Gasteiger charge is 2.10. The second-order valence-corrected chi connectivity index (χ2v) is 6.27. The molecule has 0 heterocycles. The van der Waals surface area contributed by atoms with Crippen LogP contribution in [0.15, 0.2) is 18.2 Å². The summed E-state index contributed by atoms with van der Waals surface area (Å²) in [7, 11) is -3.09. The number of rotatable bonds is 7. The molecule has 0 amide bonds. The fourth-order valence-corrected chi connectivity index (χ4v) is 2.64. The van der Waals surface area contributed by atoms with Crippen LogP contribution in [-0.2, 0) is 16.4 Å². The summed E-state index contributed by atoms with van der Waals surface area (Å²) < 4.78 is 41.4. The van der Waals surface area contributed by atoms with Gasteiger partial charge in [-0.15, -0.1) is 0 Å². The number of hydrogen-bond donors (Lipinski definition) is 1. The summed E-state index contributed by atoms with van der Waals surface area (Å²) in [5, 5.41) is 0. The van der Waals surface area contributed by atoms with Gasteiger partial charge in [-0.25, -0.2) is 12.8 Å². The van der Waals surface area contributed by atoms with E-state index in [0.717, 1.165) is 0 Å². The van der Waals surface area contributed by atoms with Crippen LogP contribution < -0.4 is 10.5 Å². The molecule has 6 heteroatoms. The molecule has 0 aliphatic rings. The Kier molecular flexibility index (Phi) is 5.55. The van der Waals surface area contributed by atoms with Gasteiger partial charge in [0, 0.05) is 6.54 Å². The Morgan fingerprint density at radius 2 is 2.06 bits per heavy atom. The maximum Gasteiger partial charge on any atom is 0.165 e. The Morgan fingerprint density at radius 1 is 1.33 bits per heavy atom. The third-order valence-corrected chi connectivity index (χ3v) is 4.22. The number of hydrogen-bond acceptors (Lipinski definition) is 4. The molecule has 0 saturated heterocycles. The molecule has 1 aromatic rings. The second-order valence-electron chi connectivity index (χ2n) is 3.97. The first-order valence-corrected chi connectivity index (χ1v) is 7.62. The molecular weight excluding hydrogens is 257 g/mol. The van der Waals surface area contributed by atoms with Crippen LogP contribution in [0.4, 0.5) is 4.39 Å². The summed E-state index contributed by atoms with van der Waals surface area (Å²) in [6, 6.07) is 4.40. The molecule has 102 valence electrons. The van der Waals surface area contributed by atoms with Gasteiger partial charge in [-0.3, -0.25) is 0 Å². The zero-order valence-corrected chi connectivity index (χ0v) is 11.2. The molecule has 0 saturated carbocycles. The first kappa shape index (κ1) is 14.9. The molecule has 4 nitrogen and oxygen atoms in total. The van der Waals surface area contributed by atoms with Crippen molar-refractivity contribution in [3.8, 4) is 5.75 Å². The molecule has 1 rings (SSSR count). The van der Waals surface area contributed by atoms with Crippen LogP contribution in [0.5, 0.6) is 5.75 Å². The first-order chi connectivity index (χ1) is 8.48. The highest BCUT2D eigenvalue weighted by atomic mass is 32.2. The highest BCUT2D eigenvalue weighted by molar-refractivity contribution is 7.91. The normalized spacial score (nSPS) is 11.5. The molecule has 1 aromatic carbocycles. The minimum absolute atomic E-state index is 0.0405. The molecule has 0 radical (unpaired) electrons. The van der Waals surface area contributed by atoms with Crippen molar-refractivity contribution in [2.45, 2.75) is 19.9 Å². The van der Waals surface area contributed by atoms with Crippen molar-refractivity contribution < 1.29 is 17.5 Å². The van der Waals surface area contributed by atoms with Crippen LogP contribution in [-0.4, -0.2) is 26.5 Å². The van der Waals surface area contributed by atoms with Crippen molar-refractivity contribution in [3.63, 3.8) is 0 Å². The van der Waals surface area contributed by atoms with Crippen molar-refractivity contribution in [3.05, 3.63) is 29.6 Å². The van der Waals surface area contributed by atoms with Crippen molar-refractivity contribution in [2.24, 2.45) is 5.73 Å². The molecule has 0 aromatic heterocycles. The molecule has 0 bridgehead atoms. The maximum atomic E-state index is 13.5. The van der Waals surface area contributed by atoms with Gasteiger partial charge in [0.05, 0.1) is 11.5 Å². The summed E-state index contributed by atoms with van der Waals surface area (Å²) in [5.74, 6) is -0.436. The van der Waals surface area contributed by atoms with Crippen molar-refractivity contribution in [1.82, 2.24) is 0 Å². The van der Waals surface area contributed by atoms with E-state index in [-0.39, 0.29) is 30.4 Å². The third-order valence-electron chi connectivity index (χ3n) is 2.40. The van der Waals surface area contributed by atoms with Gasteiger partial charge in [-0.1, -0.05) is 13.0 Å². The van der Waals surface area contributed by atoms with Crippen LogP contribution in [0.1, 0.15) is 18.9 Å². The van der Waals surface area contributed by atoms with E-state index in [1.807, 2.05) is 0 Å². The Hall–Kier alpha value is -1.14. The monoisotopic (exact) mass is 275 g/mol. The van der Waals surface area contributed by atoms with Gasteiger partial charge in [0.15, 0.2) is 21.4 Å². The van der Waals surface area contributed by atoms with Crippen LogP contribution >= 0.6 is 0 Å². The van der Waals surface area contributed by atoms with Crippen LogP contribution in [0.25, 0.3) is 0 Å². The fourth-order valence-electron chi connectivity index (χ4n) is 1.48. The average molecular weight is 275 g/mol. The van der Waals surface area contributed by atoms with Gasteiger partial charge in [-0.2, -0.15) is 0 Å². The molecule has 2 N–H and O–H groups in total. The smallest absolute Gasteiger partial charge is 0.165 e. The zero-order chi connectivity index (χ0) is 13.6. The van der Waals surface area contributed by atoms with Gasteiger partial charge in [0.2, 0.25) is 0 Å². The van der Waals surface area contributed by atoms with Crippen LogP contribution in [0.3, 0.4) is 0 Å². The standard InChI is InChI=1S/C12H18FNO3S/c1-2-6-18(15,16)7-5-17-12-4-3-10(9-14)8-11(12)13/h3-4,8H,2,5-7,9,14H2,1H3. The van der Waals surface area contributed by atoms with E-state index in [1.165, 1.54) is 12.1 Å². The van der Waals surface area contributed by atoms with E-state index in [0.29, 0.717) is 12.0 Å². The fraction of sp³-hybridized carbons (Fsp3) is 0.500. The van der Waals surface area contributed by atoms with Gasteiger partial charge in [0.25, 0.3) is 0 Å². The van der Waals surface area contributed by atoms with E-state index in [1.54, 1.807) is 13.0 Å². The Bertz CT molecular complexity index is 488. The number of benzene rings is 1. The quantitative estimate of drug-likeness (QED) is 0.818. The van der Waals surface area contributed by atoms with E-state index in [9.17, 15) is 12.8 Å². The van der Waals surface area contributed by atoms with E-state index >= 15 is 0 Å². The van der Waals surface area contributed by atoms with Gasteiger partial charge in [-0.05, 0) is 24.1 Å². The van der Waals surface area contributed by atoms with Gasteiger partial charge < -0.3 is 10.5 Å². The predicted octanol–water partition coefficient (Wildman–Crippen LogP) is 1.49. The Balaban J connectivity index is 2.54. The molecular formula is C12H18FNO3S. The predicted molar refractivity (Wildman–Crippen MR) is 68.7 cm³/mol. The lowest BCUT2D eigenvalue weighted by molar-refractivity contribution is 0.322. The number of halogens is 1. The molecule has 18 heavy (non-hydrogen) atoms. The van der Waals surface area contributed by atoms with Gasteiger partial charge in [0.1, 0.15) is 6.61 Å². The molecule has 0 fully saturated rings. The van der Waals surface area contributed by atoms with E-state index < -0.39 is 15.7 Å². The van der Waals surface area contributed by atoms with Crippen LogP contribution in [0, 0.1) is 5.82 Å². The molecule has 0 aliphatic heterocycles. The van der Waals surface area contributed by atoms with E-state index in [4.69, 9.17) is 10.5 Å². The number of ether oxygens (including phenoxy) is 1. The Labute approximate surface area is 107 Å². The summed E-state index contributed by atoms with van der Waals surface area (Å²) >= 11 is 0. The highest BCUT2D eigenvalue weighted by Crippen LogP contribution is 2.18. The zero-order valence-electron chi connectivity index (χ0n) is 10.4. The summed E-state index contributed by atoms with van der Waals surface area (Å²) in [4.78, 5) is 0. The lowest BCUT2D eigenvalue weighted by Gasteiger charge is -2.08. The molecule has 0 spiro atoms. The lowest BCUT2D eigenvalue weighted by Crippen LogP contribution is -2.17. The largest absolute Gasteiger partial charge is 0.489 e. The lowest BCUT2D eigenvalue weighted by atomic mass is 10.2. The SMILES string of the molecule is CCCS(=O)(=O)CCOc1ccc(CN)cc1F. The number of sulfone groups is 1. The minimum Gasteiger partial charge on any atom is -0.489 e. The molecule has 0 unspecified atom stereocenters. The summed E-state index contributed by atoms with van der Waals surface area (Å²) in [6.07, 6.45) is 0.571. The van der Waals surface area contributed by atoms with Crippen molar-refractivity contribution in [2.75, 3.05) is 18.1 Å². The minimum atomic E-state index is -3.09. The molecule has 0 aliphatic carbocycles. The second kappa shape index (κ2) is 6.70. The van der Waals surface area contributed by atoms with Crippen molar-refractivity contribution in [1.29, 1.82) is 0 Å². The Morgan fingerprint density at radius 3 is 2.61 bits per heavy atom. The summed E-state index contributed by atoms with van der Waals surface area (Å²) in [5.41, 5.74) is 6.04. The topological polar surface area (TPSA) is 69.4 Å². The van der Waals surface area contributed by atoms with E-state index in [2.05, 4.69) is 0 Å². The van der Waals surface area contributed by atoms with Crippen LogP contribution in [0.2, 0.25) is 0 Å². The maximum absolute atomic E-state index is 13.5. The average Bonchev–Trinajstić information content (AvgIpc) is 2.31. The number of nitrogens with two attached hydrogens (primary N) is 1. The third kappa shape index (κ3) is 4.62. The first-order valence-electron chi connectivity index (χ1n) is 5.80.